The molecule has 3 rings (SSSR count). The zero-order valence-corrected chi connectivity index (χ0v) is 12.3. The molecule has 22 heavy (non-hydrogen) atoms. The van der Waals surface area contributed by atoms with E-state index in [0.29, 0.717) is 18.7 Å². The molecule has 0 saturated carbocycles. The Labute approximate surface area is 128 Å². The molecule has 0 fully saturated rings. The molecule has 0 radical (unpaired) electrons. The SMILES string of the molecule is CCn1c(COc2ccccc2)cc2cccc(C(=O)O)c21. The van der Waals surface area contributed by atoms with Gasteiger partial charge in [0, 0.05) is 11.9 Å². The third kappa shape index (κ3) is 2.55. The largest absolute Gasteiger partial charge is 0.487 e. The van der Waals surface area contributed by atoms with Crippen LogP contribution in [-0.4, -0.2) is 15.6 Å². The molecule has 0 unspecified atom stereocenters. The van der Waals surface area contributed by atoms with Gasteiger partial charge in [-0.05, 0) is 31.2 Å². The van der Waals surface area contributed by atoms with Gasteiger partial charge in [0.1, 0.15) is 12.4 Å². The van der Waals surface area contributed by atoms with Crippen LogP contribution in [0, 0.1) is 0 Å². The number of fused-ring (bicyclic) bond motifs is 1. The van der Waals surface area contributed by atoms with E-state index in [1.54, 1.807) is 12.1 Å². The van der Waals surface area contributed by atoms with Crippen molar-refractivity contribution in [1.29, 1.82) is 0 Å². The Bertz CT molecular complexity index is 806. The number of aromatic nitrogens is 1. The number of ether oxygens (including phenoxy) is 1. The van der Waals surface area contributed by atoms with Crippen LogP contribution in [0.4, 0.5) is 0 Å². The minimum absolute atomic E-state index is 0.324. The van der Waals surface area contributed by atoms with Crippen LogP contribution in [0.15, 0.2) is 54.6 Å². The van der Waals surface area contributed by atoms with Crippen molar-refractivity contribution < 1.29 is 14.6 Å². The Morgan fingerprint density at radius 1 is 1.14 bits per heavy atom. The minimum Gasteiger partial charge on any atom is -0.487 e. The Kier molecular flexibility index (Phi) is 3.83. The number of para-hydroxylation sites is 2. The molecule has 0 bridgehead atoms. The number of aromatic carboxylic acids is 1. The number of aryl methyl sites for hydroxylation is 1. The number of benzene rings is 2. The van der Waals surface area contributed by atoms with Crippen LogP contribution >= 0.6 is 0 Å². The molecule has 0 saturated heterocycles. The topological polar surface area (TPSA) is 51.5 Å². The van der Waals surface area contributed by atoms with Crippen LogP contribution in [0.1, 0.15) is 23.0 Å². The molecule has 1 aromatic heterocycles. The van der Waals surface area contributed by atoms with E-state index in [2.05, 4.69) is 0 Å². The molecule has 4 heteroatoms. The molecule has 112 valence electrons. The summed E-state index contributed by atoms with van der Waals surface area (Å²) in [6.07, 6.45) is 0. The Hall–Kier alpha value is -2.75. The first kappa shape index (κ1) is 14.2. The van der Waals surface area contributed by atoms with E-state index in [1.807, 2.05) is 54.0 Å². The fraction of sp³-hybridized carbons (Fsp3) is 0.167. The van der Waals surface area contributed by atoms with Crippen molar-refractivity contribution in [1.82, 2.24) is 4.57 Å². The molecular formula is C18H17NO3. The highest BCUT2D eigenvalue weighted by molar-refractivity contribution is 6.02. The number of rotatable bonds is 5. The van der Waals surface area contributed by atoms with E-state index in [4.69, 9.17) is 4.74 Å². The van der Waals surface area contributed by atoms with Crippen LogP contribution in [0.5, 0.6) is 5.75 Å². The fourth-order valence-electron chi connectivity index (χ4n) is 2.71. The first-order valence-corrected chi connectivity index (χ1v) is 7.23. The average molecular weight is 295 g/mol. The molecule has 1 heterocycles. The highest BCUT2D eigenvalue weighted by Crippen LogP contribution is 2.25. The Morgan fingerprint density at radius 3 is 2.59 bits per heavy atom. The van der Waals surface area contributed by atoms with Crippen molar-refractivity contribution in [2.45, 2.75) is 20.1 Å². The third-order valence-corrected chi connectivity index (χ3v) is 3.68. The summed E-state index contributed by atoms with van der Waals surface area (Å²) in [5, 5.41) is 10.3. The smallest absolute Gasteiger partial charge is 0.337 e. The molecule has 2 aromatic carbocycles. The number of hydrogen-bond donors (Lipinski definition) is 1. The van der Waals surface area contributed by atoms with Gasteiger partial charge in [0.25, 0.3) is 0 Å². The van der Waals surface area contributed by atoms with E-state index >= 15 is 0 Å². The highest BCUT2D eigenvalue weighted by Gasteiger charge is 2.15. The Morgan fingerprint density at radius 2 is 1.91 bits per heavy atom. The van der Waals surface area contributed by atoms with Gasteiger partial charge in [-0.3, -0.25) is 0 Å². The molecule has 3 aromatic rings. The summed E-state index contributed by atoms with van der Waals surface area (Å²) >= 11 is 0. The predicted molar refractivity (Wildman–Crippen MR) is 85.3 cm³/mol. The predicted octanol–water partition coefficient (Wildman–Crippen LogP) is 3.94. The molecule has 4 nitrogen and oxygen atoms in total. The summed E-state index contributed by atoms with van der Waals surface area (Å²) in [5.74, 6) is -0.109. The number of carbonyl (C=O) groups is 1. The van der Waals surface area contributed by atoms with Gasteiger partial charge < -0.3 is 14.4 Å². The van der Waals surface area contributed by atoms with Crippen molar-refractivity contribution in [3.63, 3.8) is 0 Å². The standard InChI is InChI=1S/C18H17NO3/c1-2-19-14(12-22-15-8-4-3-5-9-15)11-13-7-6-10-16(17(13)19)18(20)21/h3-11H,2,12H2,1H3,(H,20,21). The van der Waals surface area contributed by atoms with Crippen LogP contribution in [0.3, 0.4) is 0 Å². The molecule has 0 aliphatic heterocycles. The first-order chi connectivity index (χ1) is 10.7. The van der Waals surface area contributed by atoms with Gasteiger partial charge in [0.2, 0.25) is 0 Å². The first-order valence-electron chi connectivity index (χ1n) is 7.23. The van der Waals surface area contributed by atoms with Crippen LogP contribution < -0.4 is 4.74 Å². The third-order valence-electron chi connectivity index (χ3n) is 3.68. The zero-order chi connectivity index (χ0) is 15.5. The molecular weight excluding hydrogens is 278 g/mol. The van der Waals surface area contributed by atoms with E-state index in [9.17, 15) is 9.90 Å². The number of nitrogens with zero attached hydrogens (tertiary/aromatic N) is 1. The zero-order valence-electron chi connectivity index (χ0n) is 12.3. The maximum atomic E-state index is 11.4. The lowest BCUT2D eigenvalue weighted by Gasteiger charge is -2.10. The van der Waals surface area contributed by atoms with Crippen molar-refractivity contribution in [2.24, 2.45) is 0 Å². The lowest BCUT2D eigenvalue weighted by atomic mass is 10.1. The summed E-state index contributed by atoms with van der Waals surface area (Å²) in [5.41, 5.74) is 2.05. The normalized spacial score (nSPS) is 10.8. The van der Waals surface area contributed by atoms with Crippen molar-refractivity contribution in [3.05, 3.63) is 65.9 Å². The summed E-state index contributed by atoms with van der Waals surface area (Å²) in [6.45, 7) is 3.11. The molecule has 1 N–H and O–H groups in total. The molecule has 0 spiro atoms. The minimum atomic E-state index is -0.908. The van der Waals surface area contributed by atoms with Crippen molar-refractivity contribution >= 4 is 16.9 Å². The van der Waals surface area contributed by atoms with Gasteiger partial charge in [0.05, 0.1) is 16.8 Å². The maximum Gasteiger partial charge on any atom is 0.337 e. The Balaban J connectivity index is 1.99. The van der Waals surface area contributed by atoms with E-state index in [1.165, 1.54) is 0 Å². The van der Waals surface area contributed by atoms with Crippen LogP contribution in [0.25, 0.3) is 10.9 Å². The monoisotopic (exact) mass is 295 g/mol. The second-order valence-corrected chi connectivity index (χ2v) is 5.03. The van der Waals surface area contributed by atoms with Gasteiger partial charge in [-0.25, -0.2) is 4.79 Å². The summed E-state index contributed by atoms with van der Waals surface area (Å²) in [4.78, 5) is 11.4. The van der Waals surface area contributed by atoms with E-state index < -0.39 is 5.97 Å². The number of carboxylic acids is 1. The van der Waals surface area contributed by atoms with Crippen molar-refractivity contribution in [2.75, 3.05) is 0 Å². The molecule has 0 atom stereocenters. The lowest BCUT2D eigenvalue weighted by molar-refractivity contribution is 0.0698. The second-order valence-electron chi connectivity index (χ2n) is 5.03. The fourth-order valence-corrected chi connectivity index (χ4v) is 2.71. The summed E-state index contributed by atoms with van der Waals surface area (Å²) in [7, 11) is 0. The summed E-state index contributed by atoms with van der Waals surface area (Å²) < 4.78 is 7.80. The quantitative estimate of drug-likeness (QED) is 0.775. The van der Waals surface area contributed by atoms with Gasteiger partial charge in [-0.15, -0.1) is 0 Å². The summed E-state index contributed by atoms with van der Waals surface area (Å²) in [6, 6.07) is 16.9. The van der Waals surface area contributed by atoms with E-state index in [0.717, 1.165) is 22.3 Å². The molecule has 0 amide bonds. The van der Waals surface area contributed by atoms with Crippen molar-refractivity contribution in [3.8, 4) is 5.75 Å². The van der Waals surface area contributed by atoms with Crippen LogP contribution in [0.2, 0.25) is 0 Å². The van der Waals surface area contributed by atoms with Crippen LogP contribution in [-0.2, 0) is 13.2 Å². The molecule has 0 aliphatic rings. The van der Waals surface area contributed by atoms with Gasteiger partial charge >= 0.3 is 5.97 Å². The van der Waals surface area contributed by atoms with Gasteiger partial charge in [0.15, 0.2) is 0 Å². The number of carboxylic acid groups (broad SMARTS) is 1. The number of hydrogen-bond acceptors (Lipinski definition) is 2. The van der Waals surface area contributed by atoms with Gasteiger partial charge in [-0.2, -0.15) is 0 Å². The lowest BCUT2D eigenvalue weighted by Crippen LogP contribution is -2.07. The van der Waals surface area contributed by atoms with Gasteiger partial charge in [-0.1, -0.05) is 30.3 Å². The maximum absolute atomic E-state index is 11.4. The molecule has 0 aliphatic carbocycles. The highest BCUT2D eigenvalue weighted by atomic mass is 16.5. The average Bonchev–Trinajstić information content (AvgIpc) is 2.91. The second kappa shape index (κ2) is 5.93. The van der Waals surface area contributed by atoms with E-state index in [-0.39, 0.29) is 0 Å².